The first-order valence-electron chi connectivity index (χ1n) is 11.9. The number of nitriles is 1. The lowest BCUT2D eigenvalue weighted by Gasteiger charge is -2.33. The lowest BCUT2D eigenvalue weighted by molar-refractivity contribution is -0.128. The third-order valence-corrected chi connectivity index (χ3v) is 6.95. The summed E-state index contributed by atoms with van der Waals surface area (Å²) in [4.78, 5) is 17.0. The van der Waals surface area contributed by atoms with Crippen LogP contribution in [0.3, 0.4) is 0 Å². The van der Waals surface area contributed by atoms with Crippen LogP contribution in [0.15, 0.2) is 72.4 Å². The molecule has 0 spiro atoms. The van der Waals surface area contributed by atoms with Crippen LogP contribution in [-0.2, 0) is 17.6 Å². The molecule has 4 heteroatoms. The molecule has 166 valence electrons. The van der Waals surface area contributed by atoms with E-state index in [2.05, 4.69) is 65.6 Å². The Morgan fingerprint density at radius 1 is 0.812 bits per heavy atom. The molecule has 2 heterocycles. The highest BCUT2D eigenvalue weighted by molar-refractivity contribution is 5.97. The highest BCUT2D eigenvalue weighted by atomic mass is 16.2. The van der Waals surface area contributed by atoms with Crippen LogP contribution in [-0.4, -0.2) is 41.9 Å². The number of nitrogens with zero attached hydrogens (tertiary/aromatic N) is 3. The van der Waals surface area contributed by atoms with Crippen LogP contribution in [0, 0.1) is 23.2 Å². The molecule has 0 atom stereocenters. The van der Waals surface area contributed by atoms with E-state index in [-0.39, 0.29) is 11.5 Å². The van der Waals surface area contributed by atoms with Crippen molar-refractivity contribution < 1.29 is 4.79 Å². The van der Waals surface area contributed by atoms with Gasteiger partial charge in [-0.1, -0.05) is 60.7 Å². The summed E-state index contributed by atoms with van der Waals surface area (Å²) in [6.07, 6.45) is 8.21. The Morgan fingerprint density at radius 2 is 1.28 bits per heavy atom. The Bertz CT molecular complexity index is 932. The SMILES string of the molecule is N#C/C(=C/N1CCC(Cc2ccccc2)CC1)C(=O)N1CCC(Cc2ccccc2)CC1. The van der Waals surface area contributed by atoms with Gasteiger partial charge in [0.1, 0.15) is 11.6 Å². The molecule has 0 N–H and O–H groups in total. The number of amides is 1. The summed E-state index contributed by atoms with van der Waals surface area (Å²) < 4.78 is 0. The van der Waals surface area contributed by atoms with Crippen LogP contribution in [0.4, 0.5) is 0 Å². The average molecular weight is 428 g/mol. The predicted molar refractivity (Wildman–Crippen MR) is 128 cm³/mol. The van der Waals surface area contributed by atoms with E-state index in [1.807, 2.05) is 17.2 Å². The molecule has 2 aliphatic heterocycles. The second kappa shape index (κ2) is 11.0. The molecular weight excluding hydrogens is 394 g/mol. The fraction of sp³-hybridized carbons (Fsp3) is 0.429. The van der Waals surface area contributed by atoms with Crippen molar-refractivity contribution in [3.05, 3.63) is 83.6 Å². The summed E-state index contributed by atoms with van der Waals surface area (Å²) >= 11 is 0. The first kappa shape index (κ1) is 22.1. The standard InChI is InChI=1S/C28H33N3O/c29-21-27(22-30-15-11-25(12-16-30)19-23-7-3-1-4-8-23)28(32)31-17-13-26(14-18-31)20-24-9-5-2-6-10-24/h1-10,22,25-26H,11-20H2/b27-22-. The Kier molecular flexibility index (Phi) is 7.61. The van der Waals surface area contributed by atoms with Gasteiger partial charge in [-0.25, -0.2) is 0 Å². The summed E-state index contributed by atoms with van der Waals surface area (Å²) in [6, 6.07) is 23.4. The number of hydrogen-bond donors (Lipinski definition) is 0. The molecule has 32 heavy (non-hydrogen) atoms. The van der Waals surface area contributed by atoms with E-state index in [0.29, 0.717) is 11.8 Å². The van der Waals surface area contributed by atoms with E-state index in [4.69, 9.17) is 0 Å². The molecule has 0 aromatic heterocycles. The lowest BCUT2D eigenvalue weighted by Crippen LogP contribution is -2.40. The molecule has 0 unspecified atom stereocenters. The van der Waals surface area contributed by atoms with Gasteiger partial charge < -0.3 is 9.80 Å². The molecule has 4 nitrogen and oxygen atoms in total. The van der Waals surface area contributed by atoms with Gasteiger partial charge in [-0.05, 0) is 61.5 Å². The van der Waals surface area contributed by atoms with Gasteiger partial charge in [0, 0.05) is 32.4 Å². The third-order valence-electron chi connectivity index (χ3n) is 6.95. The number of carbonyl (C=O) groups excluding carboxylic acids is 1. The van der Waals surface area contributed by atoms with Crippen LogP contribution in [0.1, 0.15) is 36.8 Å². The maximum Gasteiger partial charge on any atom is 0.266 e. The molecule has 0 saturated carbocycles. The first-order valence-corrected chi connectivity index (χ1v) is 11.9. The molecule has 0 aliphatic carbocycles. The van der Waals surface area contributed by atoms with Gasteiger partial charge in [0.25, 0.3) is 5.91 Å². The lowest BCUT2D eigenvalue weighted by atomic mass is 9.90. The van der Waals surface area contributed by atoms with Gasteiger partial charge >= 0.3 is 0 Å². The van der Waals surface area contributed by atoms with Crippen molar-refractivity contribution in [3.8, 4) is 6.07 Å². The zero-order chi connectivity index (χ0) is 22.2. The van der Waals surface area contributed by atoms with Crippen molar-refractivity contribution in [3.63, 3.8) is 0 Å². The zero-order valence-corrected chi connectivity index (χ0v) is 18.8. The minimum atomic E-state index is -0.0999. The van der Waals surface area contributed by atoms with Crippen molar-refractivity contribution in [2.24, 2.45) is 11.8 Å². The molecule has 2 aromatic carbocycles. The van der Waals surface area contributed by atoms with Crippen molar-refractivity contribution in [2.45, 2.75) is 38.5 Å². The Morgan fingerprint density at radius 3 is 1.75 bits per heavy atom. The van der Waals surface area contributed by atoms with Crippen LogP contribution in [0.2, 0.25) is 0 Å². The minimum absolute atomic E-state index is 0.0999. The fourth-order valence-electron chi connectivity index (χ4n) is 5.01. The molecule has 2 saturated heterocycles. The van der Waals surface area contributed by atoms with Crippen molar-refractivity contribution in [1.82, 2.24) is 9.80 Å². The van der Waals surface area contributed by atoms with Gasteiger partial charge in [-0.3, -0.25) is 4.79 Å². The summed E-state index contributed by atoms with van der Waals surface area (Å²) in [6.45, 7) is 3.31. The Hall–Kier alpha value is -3.06. The van der Waals surface area contributed by atoms with Crippen LogP contribution >= 0.6 is 0 Å². The summed E-state index contributed by atoms with van der Waals surface area (Å²) in [5, 5.41) is 9.66. The number of hydrogen-bond acceptors (Lipinski definition) is 3. The normalized spacial score (nSPS) is 18.4. The van der Waals surface area contributed by atoms with Crippen LogP contribution in [0.5, 0.6) is 0 Å². The zero-order valence-electron chi connectivity index (χ0n) is 18.8. The molecule has 0 bridgehead atoms. The maximum atomic E-state index is 13.0. The minimum Gasteiger partial charge on any atom is -0.376 e. The van der Waals surface area contributed by atoms with Gasteiger partial charge in [-0.2, -0.15) is 5.26 Å². The van der Waals surface area contributed by atoms with E-state index in [1.54, 1.807) is 0 Å². The Balaban J connectivity index is 1.25. The number of rotatable bonds is 6. The average Bonchev–Trinajstić information content (AvgIpc) is 2.85. The number of carbonyl (C=O) groups is 1. The summed E-state index contributed by atoms with van der Waals surface area (Å²) in [7, 11) is 0. The highest BCUT2D eigenvalue weighted by Crippen LogP contribution is 2.24. The second-order valence-electron chi connectivity index (χ2n) is 9.25. The number of piperidine rings is 2. The number of likely N-dealkylation sites (tertiary alicyclic amines) is 2. The van der Waals surface area contributed by atoms with Gasteiger partial charge in [0.05, 0.1) is 0 Å². The van der Waals surface area contributed by atoms with Crippen LogP contribution in [0.25, 0.3) is 0 Å². The maximum absolute atomic E-state index is 13.0. The second-order valence-corrected chi connectivity index (χ2v) is 9.25. The molecule has 4 rings (SSSR count). The third kappa shape index (κ3) is 6.01. The van der Waals surface area contributed by atoms with Gasteiger partial charge in [0.15, 0.2) is 0 Å². The number of benzene rings is 2. The fourth-order valence-corrected chi connectivity index (χ4v) is 5.01. The molecular formula is C28H33N3O. The molecule has 0 radical (unpaired) electrons. The highest BCUT2D eigenvalue weighted by Gasteiger charge is 2.26. The molecule has 1 amide bonds. The first-order chi connectivity index (χ1) is 15.7. The van der Waals surface area contributed by atoms with E-state index in [9.17, 15) is 10.1 Å². The summed E-state index contributed by atoms with van der Waals surface area (Å²) in [5.74, 6) is 1.18. The predicted octanol–water partition coefficient (Wildman–Crippen LogP) is 4.83. The molecule has 2 aromatic rings. The van der Waals surface area contributed by atoms with Crippen molar-refractivity contribution in [2.75, 3.05) is 26.2 Å². The largest absolute Gasteiger partial charge is 0.376 e. The van der Waals surface area contributed by atoms with E-state index in [0.717, 1.165) is 64.7 Å². The van der Waals surface area contributed by atoms with E-state index >= 15 is 0 Å². The Labute approximate surface area is 192 Å². The van der Waals surface area contributed by atoms with Gasteiger partial charge in [-0.15, -0.1) is 0 Å². The molecule has 2 fully saturated rings. The quantitative estimate of drug-likeness (QED) is 0.490. The van der Waals surface area contributed by atoms with Crippen molar-refractivity contribution in [1.29, 1.82) is 5.26 Å². The summed E-state index contributed by atoms with van der Waals surface area (Å²) in [5.41, 5.74) is 3.05. The van der Waals surface area contributed by atoms with Gasteiger partial charge in [0.2, 0.25) is 0 Å². The smallest absolute Gasteiger partial charge is 0.266 e. The van der Waals surface area contributed by atoms with Crippen molar-refractivity contribution >= 4 is 5.91 Å². The topological polar surface area (TPSA) is 47.3 Å². The van der Waals surface area contributed by atoms with E-state index < -0.39 is 0 Å². The molecule has 2 aliphatic rings. The monoisotopic (exact) mass is 427 g/mol. The van der Waals surface area contributed by atoms with Crippen LogP contribution < -0.4 is 0 Å². The van der Waals surface area contributed by atoms with E-state index in [1.165, 1.54) is 11.1 Å².